The summed E-state index contributed by atoms with van der Waals surface area (Å²) < 4.78 is 24.8. The predicted molar refractivity (Wildman–Crippen MR) is 78.7 cm³/mol. The van der Waals surface area contributed by atoms with Crippen molar-refractivity contribution in [3.05, 3.63) is 39.9 Å². The van der Waals surface area contributed by atoms with Gasteiger partial charge in [0.25, 0.3) is 5.67 Å². The molecule has 0 fully saturated rings. The number of ether oxygens (including phenoxy) is 2. The second kappa shape index (κ2) is 7.66. The first-order chi connectivity index (χ1) is 10.8. The van der Waals surface area contributed by atoms with E-state index in [9.17, 15) is 19.7 Å². The quantitative estimate of drug-likeness (QED) is 0.313. The lowest BCUT2D eigenvalue weighted by Gasteiger charge is -2.27. The first-order valence-corrected chi connectivity index (χ1v) is 6.90. The molecule has 0 saturated carbocycles. The highest BCUT2D eigenvalue weighted by atomic mass is 19.1. The summed E-state index contributed by atoms with van der Waals surface area (Å²) in [4.78, 5) is 33.9. The molecule has 0 heterocycles. The van der Waals surface area contributed by atoms with Gasteiger partial charge in [-0.3, -0.25) is 14.9 Å². The van der Waals surface area contributed by atoms with Crippen LogP contribution in [0.4, 0.5) is 4.39 Å². The van der Waals surface area contributed by atoms with Gasteiger partial charge in [-0.1, -0.05) is 12.1 Å². The highest BCUT2D eigenvalue weighted by molar-refractivity contribution is 6.07. The van der Waals surface area contributed by atoms with Crippen molar-refractivity contribution >= 4 is 11.8 Å². The van der Waals surface area contributed by atoms with Gasteiger partial charge >= 0.3 is 5.97 Å². The Labute approximate surface area is 132 Å². The largest absolute Gasteiger partial charge is 0.497 e. The molecule has 126 valence electrons. The summed E-state index contributed by atoms with van der Waals surface area (Å²) in [7, 11) is 1.43. The summed E-state index contributed by atoms with van der Waals surface area (Å²) in [5.41, 5.74) is -2.99. The molecule has 1 aromatic carbocycles. The lowest BCUT2D eigenvalue weighted by Crippen LogP contribution is -2.49. The number of nitro groups is 1. The van der Waals surface area contributed by atoms with Gasteiger partial charge in [-0.25, -0.2) is 9.18 Å². The van der Waals surface area contributed by atoms with E-state index < -0.39 is 34.8 Å². The van der Waals surface area contributed by atoms with Crippen molar-refractivity contribution in [2.45, 2.75) is 25.4 Å². The van der Waals surface area contributed by atoms with Gasteiger partial charge in [0, 0.05) is 4.92 Å². The molecular weight excluding hydrogens is 309 g/mol. The van der Waals surface area contributed by atoms with Gasteiger partial charge in [-0.15, -0.1) is 0 Å². The van der Waals surface area contributed by atoms with Crippen LogP contribution in [-0.2, 0) is 14.3 Å². The second-order valence-electron chi connectivity index (χ2n) is 4.83. The fourth-order valence-corrected chi connectivity index (χ4v) is 2.21. The Morgan fingerprint density at radius 1 is 1.35 bits per heavy atom. The zero-order valence-corrected chi connectivity index (χ0v) is 13.1. The summed E-state index contributed by atoms with van der Waals surface area (Å²) in [6.07, 6.45) is 0. The molecule has 0 unspecified atom stereocenters. The van der Waals surface area contributed by atoms with E-state index in [1.165, 1.54) is 38.3 Å². The number of hydrogen-bond donors (Lipinski definition) is 0. The molecule has 0 spiro atoms. The molecule has 1 aromatic rings. The Bertz CT molecular complexity index is 588. The molecule has 0 aromatic heterocycles. The number of Topliss-reactive ketones (excluding diaryl/α,β-unsaturated/α-hetero) is 1. The van der Waals surface area contributed by atoms with Gasteiger partial charge in [-0.2, -0.15) is 0 Å². The molecule has 0 aliphatic rings. The SMILES string of the molecule is CCOC(=O)[C@@](F)(C(C)=O)[C@@H](C[N+](=O)[O-])c1ccc(OC)cc1. The Morgan fingerprint density at radius 3 is 2.30 bits per heavy atom. The maximum Gasteiger partial charge on any atom is 0.352 e. The van der Waals surface area contributed by atoms with Crippen molar-refractivity contribution in [1.29, 1.82) is 0 Å². The smallest absolute Gasteiger partial charge is 0.352 e. The van der Waals surface area contributed by atoms with Crippen LogP contribution < -0.4 is 4.74 Å². The average Bonchev–Trinajstić information content (AvgIpc) is 2.51. The van der Waals surface area contributed by atoms with Gasteiger partial charge in [0.1, 0.15) is 11.7 Å². The van der Waals surface area contributed by atoms with E-state index in [0.29, 0.717) is 5.75 Å². The molecule has 0 bridgehead atoms. The normalized spacial score (nSPS) is 14.4. The van der Waals surface area contributed by atoms with Crippen molar-refractivity contribution in [2.75, 3.05) is 20.3 Å². The average molecular weight is 327 g/mol. The number of rotatable bonds is 8. The number of hydrogen-bond acceptors (Lipinski definition) is 6. The molecule has 8 heteroatoms. The topological polar surface area (TPSA) is 95.7 Å². The molecule has 1 rings (SSSR count). The molecular formula is C15H18FNO6. The number of carbonyl (C=O) groups is 2. The van der Waals surface area contributed by atoms with E-state index in [4.69, 9.17) is 4.74 Å². The van der Waals surface area contributed by atoms with Gasteiger partial charge in [0.15, 0.2) is 5.78 Å². The third kappa shape index (κ3) is 4.02. The van der Waals surface area contributed by atoms with Crippen molar-refractivity contribution < 1.29 is 28.4 Å². The summed E-state index contributed by atoms with van der Waals surface area (Å²) in [6, 6.07) is 5.69. The van der Waals surface area contributed by atoms with Gasteiger partial charge in [0.2, 0.25) is 6.54 Å². The zero-order chi connectivity index (χ0) is 17.6. The summed E-state index contributed by atoms with van der Waals surface area (Å²) in [5, 5.41) is 10.9. The highest BCUT2D eigenvalue weighted by Crippen LogP contribution is 2.35. The van der Waals surface area contributed by atoms with E-state index in [1.807, 2.05) is 0 Å². The van der Waals surface area contributed by atoms with Crippen LogP contribution in [0.15, 0.2) is 24.3 Å². The molecule has 23 heavy (non-hydrogen) atoms. The number of benzene rings is 1. The molecule has 0 aliphatic carbocycles. The lowest BCUT2D eigenvalue weighted by molar-refractivity contribution is -0.485. The van der Waals surface area contributed by atoms with Gasteiger partial charge in [-0.05, 0) is 31.5 Å². The van der Waals surface area contributed by atoms with Crippen molar-refractivity contribution in [3.8, 4) is 5.75 Å². The van der Waals surface area contributed by atoms with E-state index in [0.717, 1.165) is 6.92 Å². The highest BCUT2D eigenvalue weighted by Gasteiger charge is 2.55. The molecule has 0 saturated heterocycles. The molecule has 0 amide bonds. The van der Waals surface area contributed by atoms with Crippen LogP contribution in [-0.4, -0.2) is 42.6 Å². The van der Waals surface area contributed by atoms with Crippen LogP contribution in [0.5, 0.6) is 5.75 Å². The Kier molecular flexibility index (Phi) is 6.18. The summed E-state index contributed by atoms with van der Waals surface area (Å²) >= 11 is 0. The van der Waals surface area contributed by atoms with Crippen LogP contribution in [0.3, 0.4) is 0 Å². The third-order valence-corrected chi connectivity index (χ3v) is 3.41. The Morgan fingerprint density at radius 2 is 1.91 bits per heavy atom. The molecule has 0 aliphatic heterocycles. The van der Waals surface area contributed by atoms with Gasteiger partial charge in [0.05, 0.1) is 13.7 Å². The maximum absolute atomic E-state index is 15.2. The number of carbonyl (C=O) groups excluding carboxylic acids is 2. The zero-order valence-electron chi connectivity index (χ0n) is 13.1. The number of nitrogens with zero attached hydrogens (tertiary/aromatic N) is 1. The summed E-state index contributed by atoms with van der Waals surface area (Å²) in [6.45, 7) is 1.24. The molecule has 0 radical (unpaired) electrons. The van der Waals surface area contributed by atoms with E-state index in [1.54, 1.807) is 0 Å². The van der Waals surface area contributed by atoms with Crippen LogP contribution in [0, 0.1) is 10.1 Å². The number of halogens is 1. The number of ketones is 1. The van der Waals surface area contributed by atoms with Crippen LogP contribution >= 0.6 is 0 Å². The van der Waals surface area contributed by atoms with E-state index in [-0.39, 0.29) is 12.2 Å². The lowest BCUT2D eigenvalue weighted by atomic mass is 9.80. The van der Waals surface area contributed by atoms with Crippen molar-refractivity contribution in [2.24, 2.45) is 0 Å². The first-order valence-electron chi connectivity index (χ1n) is 6.90. The minimum atomic E-state index is -3.13. The van der Waals surface area contributed by atoms with Crippen LogP contribution in [0.25, 0.3) is 0 Å². The third-order valence-electron chi connectivity index (χ3n) is 3.41. The Balaban J connectivity index is 3.37. The first kappa shape index (κ1) is 18.5. The number of esters is 1. The standard InChI is InChI=1S/C15H18FNO6/c1-4-23-14(19)15(16,10(2)18)13(9-17(20)21)11-5-7-12(22-3)8-6-11/h5-8,13H,4,9H2,1-3H3/t13-,15+/m0/s1. The predicted octanol–water partition coefficient (Wildman–Crippen LogP) is 1.92. The number of alkyl halides is 1. The molecule has 2 atom stereocenters. The summed E-state index contributed by atoms with van der Waals surface area (Å²) in [5.74, 6) is -3.70. The van der Waals surface area contributed by atoms with Crippen LogP contribution in [0.2, 0.25) is 0 Å². The van der Waals surface area contributed by atoms with Crippen molar-refractivity contribution in [3.63, 3.8) is 0 Å². The Hall–Kier alpha value is -2.51. The monoisotopic (exact) mass is 327 g/mol. The minimum absolute atomic E-state index is 0.133. The molecule has 7 nitrogen and oxygen atoms in total. The maximum atomic E-state index is 15.2. The number of methoxy groups -OCH3 is 1. The molecule has 0 N–H and O–H groups in total. The fourth-order valence-electron chi connectivity index (χ4n) is 2.21. The van der Waals surface area contributed by atoms with E-state index in [2.05, 4.69) is 4.74 Å². The van der Waals surface area contributed by atoms with Gasteiger partial charge < -0.3 is 9.47 Å². The fraction of sp³-hybridized carbons (Fsp3) is 0.467. The van der Waals surface area contributed by atoms with E-state index >= 15 is 4.39 Å². The van der Waals surface area contributed by atoms with Crippen LogP contribution in [0.1, 0.15) is 25.3 Å². The minimum Gasteiger partial charge on any atom is -0.497 e. The van der Waals surface area contributed by atoms with Crippen molar-refractivity contribution in [1.82, 2.24) is 0 Å². The second-order valence-corrected chi connectivity index (χ2v) is 4.83.